The largest absolute Gasteiger partial charge is 0.388 e. The average molecular weight is 563 g/mol. The third-order valence-electron chi connectivity index (χ3n) is 7.22. The molecule has 36 heavy (non-hydrogen) atoms. The van der Waals surface area contributed by atoms with Crippen LogP contribution in [-0.2, 0) is 19.9 Å². The monoisotopic (exact) mass is 562 g/mol. The third-order valence-corrected chi connectivity index (χ3v) is 10.5. The van der Waals surface area contributed by atoms with E-state index in [1.165, 1.54) is 25.1 Å². The molecule has 2 aromatic rings. The number of sulfone groups is 1. The van der Waals surface area contributed by atoms with Gasteiger partial charge in [0.1, 0.15) is 0 Å². The second-order valence-corrected chi connectivity index (χ2v) is 13.9. The number of anilines is 1. The summed E-state index contributed by atoms with van der Waals surface area (Å²) in [6.07, 6.45) is 1.79. The number of rotatable bonds is 7. The van der Waals surface area contributed by atoms with E-state index in [1.54, 1.807) is 0 Å². The molecular weight excluding hydrogens is 538 g/mol. The van der Waals surface area contributed by atoms with E-state index in [4.69, 9.17) is 11.6 Å². The molecule has 0 radical (unpaired) electrons. The van der Waals surface area contributed by atoms with Crippen molar-refractivity contribution in [1.82, 2.24) is 4.72 Å². The van der Waals surface area contributed by atoms with Gasteiger partial charge in [-0.3, -0.25) is 4.79 Å². The highest BCUT2D eigenvalue weighted by Crippen LogP contribution is 2.55. The Labute approximate surface area is 213 Å². The molecule has 8 nitrogen and oxygen atoms in total. The summed E-state index contributed by atoms with van der Waals surface area (Å²) in [5.41, 5.74) is -1.43. The smallest absolute Gasteiger partial charge is 0.255 e. The van der Waals surface area contributed by atoms with Gasteiger partial charge in [0, 0.05) is 23.4 Å². The standard InChI is InChI=1S/C23H25ClF2N2O6S2/c1-12-19(6-5-18(25)21(12)26)28-22(29)13-3-4-17(24)20(7-13)36(33,34)16-9-14-8-15(10-16)23(14,30)11-27-35(2,31)32/h3-7,14-16,27,30H,8-11H2,1-2H3,(H,28,29)/t14?,15?,16-,23-. The number of aliphatic hydroxyl groups is 1. The fourth-order valence-electron chi connectivity index (χ4n) is 5.07. The summed E-state index contributed by atoms with van der Waals surface area (Å²) < 4.78 is 79.3. The van der Waals surface area contributed by atoms with Gasteiger partial charge < -0.3 is 10.4 Å². The van der Waals surface area contributed by atoms with Gasteiger partial charge in [-0.05, 0) is 68.4 Å². The Morgan fingerprint density at radius 1 is 1.11 bits per heavy atom. The molecule has 2 aromatic carbocycles. The molecule has 13 heteroatoms. The van der Waals surface area contributed by atoms with Crippen molar-refractivity contribution in [3.05, 3.63) is 58.1 Å². The van der Waals surface area contributed by atoms with Crippen LogP contribution in [0.25, 0.3) is 0 Å². The first kappa shape index (κ1) is 26.9. The number of halogens is 3. The van der Waals surface area contributed by atoms with E-state index >= 15 is 0 Å². The SMILES string of the molecule is Cc1c(NC(=O)c2ccc(Cl)c(S(=O)(=O)[C@H]3CC4CC(C3)[C@]4(O)CNS(C)(=O)=O)c2)ccc(F)c1F. The highest BCUT2D eigenvalue weighted by molar-refractivity contribution is 7.92. The van der Waals surface area contributed by atoms with Gasteiger partial charge in [0.2, 0.25) is 10.0 Å². The minimum absolute atomic E-state index is 0.0348. The minimum Gasteiger partial charge on any atom is -0.388 e. The van der Waals surface area contributed by atoms with Gasteiger partial charge >= 0.3 is 0 Å². The maximum Gasteiger partial charge on any atom is 0.255 e. The summed E-state index contributed by atoms with van der Waals surface area (Å²) in [6.45, 7) is 1.11. The van der Waals surface area contributed by atoms with E-state index in [0.29, 0.717) is 6.42 Å². The quantitative estimate of drug-likeness (QED) is 0.476. The Hall–Kier alpha value is -2.12. The molecular formula is C23H25ClF2N2O6S2. The molecule has 3 N–H and O–H groups in total. The molecule has 3 aliphatic carbocycles. The van der Waals surface area contributed by atoms with E-state index in [-0.39, 0.29) is 46.1 Å². The minimum atomic E-state index is -4.01. The second-order valence-electron chi connectivity index (χ2n) is 9.49. The molecule has 196 valence electrons. The van der Waals surface area contributed by atoms with Crippen molar-refractivity contribution in [2.45, 2.75) is 41.9 Å². The zero-order valence-corrected chi connectivity index (χ0v) is 21.8. The van der Waals surface area contributed by atoms with Crippen LogP contribution in [0.5, 0.6) is 0 Å². The van der Waals surface area contributed by atoms with Crippen molar-refractivity contribution in [3.63, 3.8) is 0 Å². The van der Waals surface area contributed by atoms with Crippen molar-refractivity contribution < 1.29 is 35.5 Å². The van der Waals surface area contributed by atoms with Crippen LogP contribution in [-0.4, -0.2) is 51.5 Å². The number of benzene rings is 2. The van der Waals surface area contributed by atoms with Gasteiger partial charge in [-0.25, -0.2) is 30.3 Å². The summed E-state index contributed by atoms with van der Waals surface area (Å²) in [4.78, 5) is 12.5. The second kappa shape index (κ2) is 9.32. The van der Waals surface area contributed by atoms with Crippen molar-refractivity contribution in [2.24, 2.45) is 11.8 Å². The number of fused-ring (bicyclic) bond motifs is 2. The predicted octanol–water partition coefficient (Wildman–Crippen LogP) is 3.03. The number of carbonyl (C=O) groups is 1. The average Bonchev–Trinajstić information content (AvgIpc) is 2.82. The third kappa shape index (κ3) is 4.89. The van der Waals surface area contributed by atoms with Crippen LogP contribution < -0.4 is 10.0 Å². The first-order chi connectivity index (χ1) is 16.6. The van der Waals surface area contributed by atoms with Crippen molar-refractivity contribution in [3.8, 4) is 0 Å². The van der Waals surface area contributed by atoms with Gasteiger partial charge in [0.15, 0.2) is 21.5 Å². The van der Waals surface area contributed by atoms with Gasteiger partial charge in [-0.1, -0.05) is 11.6 Å². The Balaban J connectivity index is 1.54. The first-order valence-electron chi connectivity index (χ1n) is 11.1. The van der Waals surface area contributed by atoms with Gasteiger partial charge in [0.05, 0.1) is 27.0 Å². The van der Waals surface area contributed by atoms with E-state index in [9.17, 15) is 35.5 Å². The molecule has 3 aliphatic rings. The Morgan fingerprint density at radius 3 is 2.36 bits per heavy atom. The van der Waals surface area contributed by atoms with Crippen LogP contribution in [0, 0.1) is 30.4 Å². The molecule has 1 amide bonds. The summed E-state index contributed by atoms with van der Waals surface area (Å²) in [5.74, 6) is -3.71. The molecule has 2 bridgehead atoms. The van der Waals surface area contributed by atoms with Crippen molar-refractivity contribution >= 4 is 43.1 Å². The van der Waals surface area contributed by atoms with Crippen LogP contribution in [0.3, 0.4) is 0 Å². The Kier molecular flexibility index (Phi) is 6.97. The van der Waals surface area contributed by atoms with Crippen LogP contribution in [0.15, 0.2) is 35.2 Å². The lowest BCUT2D eigenvalue weighted by atomic mass is 9.54. The van der Waals surface area contributed by atoms with Crippen LogP contribution in [0.2, 0.25) is 5.02 Å². The lowest BCUT2D eigenvalue weighted by molar-refractivity contribution is -0.170. The Bertz CT molecular complexity index is 1440. The highest BCUT2D eigenvalue weighted by Gasteiger charge is 2.60. The maximum atomic E-state index is 13.8. The molecule has 0 aliphatic heterocycles. The number of carbonyl (C=O) groups excluding carboxylic acids is 1. The van der Waals surface area contributed by atoms with Gasteiger partial charge in [-0.15, -0.1) is 0 Å². The van der Waals surface area contributed by atoms with Gasteiger partial charge in [0.25, 0.3) is 5.91 Å². The summed E-state index contributed by atoms with van der Waals surface area (Å²) >= 11 is 6.20. The molecule has 0 aromatic heterocycles. The van der Waals surface area contributed by atoms with E-state index in [0.717, 1.165) is 18.4 Å². The number of hydrogen-bond acceptors (Lipinski definition) is 6. The summed E-state index contributed by atoms with van der Waals surface area (Å²) in [6, 6.07) is 5.81. The van der Waals surface area contributed by atoms with E-state index in [2.05, 4.69) is 10.0 Å². The molecule has 2 unspecified atom stereocenters. The van der Waals surface area contributed by atoms with Crippen LogP contribution >= 0.6 is 11.6 Å². The van der Waals surface area contributed by atoms with E-state index in [1.807, 2.05) is 0 Å². The summed E-state index contributed by atoms with van der Waals surface area (Å²) in [5, 5.41) is 12.4. The number of hydrogen-bond donors (Lipinski definition) is 3. The molecule has 0 saturated heterocycles. The summed E-state index contributed by atoms with van der Waals surface area (Å²) in [7, 11) is -7.53. The zero-order valence-electron chi connectivity index (χ0n) is 19.4. The van der Waals surface area contributed by atoms with Crippen LogP contribution in [0.4, 0.5) is 14.5 Å². The van der Waals surface area contributed by atoms with Crippen molar-refractivity contribution in [2.75, 3.05) is 18.1 Å². The fourth-order valence-corrected chi connectivity index (χ4v) is 7.96. The zero-order chi connectivity index (χ0) is 26.6. The molecule has 0 spiro atoms. The number of sulfonamides is 1. The maximum absolute atomic E-state index is 13.8. The topological polar surface area (TPSA) is 130 Å². The lowest BCUT2D eigenvalue weighted by Crippen LogP contribution is -2.66. The fraction of sp³-hybridized carbons (Fsp3) is 0.435. The Morgan fingerprint density at radius 2 is 1.75 bits per heavy atom. The first-order valence-corrected chi connectivity index (χ1v) is 14.9. The molecule has 3 saturated carbocycles. The molecule has 0 heterocycles. The number of amides is 1. The highest BCUT2D eigenvalue weighted by atomic mass is 35.5. The number of nitrogens with one attached hydrogen (secondary N) is 2. The van der Waals surface area contributed by atoms with Crippen LogP contribution in [0.1, 0.15) is 35.2 Å². The molecule has 2 atom stereocenters. The molecule has 3 fully saturated rings. The van der Waals surface area contributed by atoms with Crippen molar-refractivity contribution in [1.29, 1.82) is 0 Å². The predicted molar refractivity (Wildman–Crippen MR) is 130 cm³/mol. The van der Waals surface area contributed by atoms with Gasteiger partial charge in [-0.2, -0.15) is 0 Å². The normalized spacial score (nSPS) is 25.8. The molecule has 5 rings (SSSR count). The van der Waals surface area contributed by atoms with E-state index < -0.39 is 60.1 Å². The lowest BCUT2D eigenvalue weighted by Gasteiger charge is -2.58.